The first-order valence-electron chi connectivity index (χ1n) is 6.73. The van der Waals surface area contributed by atoms with Gasteiger partial charge in [-0.3, -0.25) is 4.79 Å². The molecule has 8 heteroatoms. The first-order valence-corrected chi connectivity index (χ1v) is 7.61. The van der Waals surface area contributed by atoms with Gasteiger partial charge in [0, 0.05) is 31.7 Å². The summed E-state index contributed by atoms with van der Waals surface area (Å²) in [6.45, 7) is 6.60. The number of aromatic carboxylic acids is 1. The lowest BCUT2D eigenvalue weighted by Crippen LogP contribution is -2.36. The lowest BCUT2D eigenvalue weighted by Gasteiger charge is -2.21. The molecule has 0 aliphatic heterocycles. The van der Waals surface area contributed by atoms with Crippen LogP contribution in [0.15, 0.2) is 5.38 Å². The smallest absolute Gasteiger partial charge is 0.355 e. The van der Waals surface area contributed by atoms with Crippen molar-refractivity contribution in [3.05, 3.63) is 16.1 Å². The number of carbonyl (C=O) groups is 2. The molecular weight excluding hydrogens is 296 g/mol. The van der Waals surface area contributed by atoms with Gasteiger partial charge in [0.15, 0.2) is 10.7 Å². The Morgan fingerprint density at radius 2 is 1.81 bits per heavy atom. The molecule has 0 radical (unpaired) electrons. The Balaban J connectivity index is 2.69. The number of carbonyl (C=O) groups excluding carboxylic acids is 1. The van der Waals surface area contributed by atoms with Gasteiger partial charge in [-0.25, -0.2) is 9.78 Å². The Hall–Kier alpha value is -1.51. The normalized spacial score (nSPS) is 10.6. The van der Waals surface area contributed by atoms with Gasteiger partial charge in [-0.05, 0) is 13.8 Å². The summed E-state index contributed by atoms with van der Waals surface area (Å²) < 4.78 is 10.5. The summed E-state index contributed by atoms with van der Waals surface area (Å²) in [5, 5.41) is 10.4. The number of hydrogen-bond acceptors (Lipinski definition) is 6. The minimum absolute atomic E-state index is 0.113. The molecule has 0 aliphatic carbocycles. The zero-order valence-corrected chi connectivity index (χ0v) is 13.0. The maximum Gasteiger partial charge on any atom is 0.355 e. The highest BCUT2D eigenvalue weighted by Crippen LogP contribution is 2.12. The lowest BCUT2D eigenvalue weighted by atomic mass is 10.4. The molecule has 118 valence electrons. The highest BCUT2D eigenvalue weighted by molar-refractivity contribution is 7.11. The van der Waals surface area contributed by atoms with E-state index < -0.39 is 5.97 Å². The van der Waals surface area contributed by atoms with E-state index in [0.29, 0.717) is 39.5 Å². The van der Waals surface area contributed by atoms with Crippen molar-refractivity contribution in [3.8, 4) is 0 Å². The Bertz CT molecular complexity index is 453. The third-order valence-electron chi connectivity index (χ3n) is 2.61. The summed E-state index contributed by atoms with van der Waals surface area (Å²) in [7, 11) is 0. The van der Waals surface area contributed by atoms with Crippen LogP contribution in [0.25, 0.3) is 0 Å². The van der Waals surface area contributed by atoms with Gasteiger partial charge in [0.1, 0.15) is 0 Å². The van der Waals surface area contributed by atoms with Crippen molar-refractivity contribution in [2.75, 3.05) is 39.5 Å². The largest absolute Gasteiger partial charge is 0.476 e. The summed E-state index contributed by atoms with van der Waals surface area (Å²) in [5.74, 6) is -1.44. The zero-order chi connectivity index (χ0) is 15.7. The van der Waals surface area contributed by atoms with E-state index in [2.05, 4.69) is 4.98 Å². The van der Waals surface area contributed by atoms with Crippen LogP contribution in [0.2, 0.25) is 0 Å². The van der Waals surface area contributed by atoms with Gasteiger partial charge in [-0.2, -0.15) is 0 Å². The molecule has 0 bridgehead atoms. The Labute approximate surface area is 127 Å². The van der Waals surface area contributed by atoms with Crippen molar-refractivity contribution in [2.24, 2.45) is 0 Å². The fourth-order valence-corrected chi connectivity index (χ4v) is 2.32. The molecule has 0 aliphatic rings. The first kappa shape index (κ1) is 17.5. The molecule has 0 spiro atoms. The SMILES string of the molecule is CCOCCN(CCOCC)C(=O)c1nc(C(=O)O)cs1. The van der Waals surface area contributed by atoms with Gasteiger partial charge >= 0.3 is 5.97 Å². The van der Waals surface area contributed by atoms with Gasteiger partial charge in [0.2, 0.25) is 0 Å². The van der Waals surface area contributed by atoms with E-state index in [1.54, 1.807) is 4.90 Å². The molecule has 21 heavy (non-hydrogen) atoms. The van der Waals surface area contributed by atoms with Crippen LogP contribution in [-0.4, -0.2) is 66.4 Å². The number of rotatable bonds is 10. The van der Waals surface area contributed by atoms with E-state index in [1.165, 1.54) is 5.38 Å². The summed E-state index contributed by atoms with van der Waals surface area (Å²) in [4.78, 5) is 28.5. The molecule has 7 nitrogen and oxygen atoms in total. The minimum Gasteiger partial charge on any atom is -0.476 e. The van der Waals surface area contributed by atoms with Crippen LogP contribution in [-0.2, 0) is 9.47 Å². The number of hydrogen-bond donors (Lipinski definition) is 1. The number of carboxylic acid groups (broad SMARTS) is 1. The average molecular weight is 316 g/mol. The third kappa shape index (κ3) is 5.78. The van der Waals surface area contributed by atoms with Gasteiger partial charge in [0.25, 0.3) is 5.91 Å². The molecule has 0 fully saturated rings. The number of amides is 1. The maximum absolute atomic E-state index is 12.3. The molecule has 0 saturated heterocycles. The standard InChI is InChI=1S/C13H20N2O5S/c1-3-19-7-5-15(6-8-20-4-2)12(16)11-14-10(9-21-11)13(17)18/h9H,3-8H2,1-2H3,(H,17,18). The zero-order valence-electron chi connectivity index (χ0n) is 12.2. The number of ether oxygens (including phenoxy) is 2. The molecule has 1 rings (SSSR count). The van der Waals surface area contributed by atoms with Gasteiger partial charge in [0.05, 0.1) is 13.2 Å². The molecule has 1 amide bonds. The van der Waals surface area contributed by atoms with Crippen LogP contribution < -0.4 is 0 Å². The topological polar surface area (TPSA) is 89.0 Å². The summed E-state index contributed by atoms with van der Waals surface area (Å²) >= 11 is 1.03. The first-order chi connectivity index (χ1) is 10.1. The quantitative estimate of drug-likeness (QED) is 0.656. The third-order valence-corrected chi connectivity index (χ3v) is 3.44. The van der Waals surface area contributed by atoms with Crippen molar-refractivity contribution in [3.63, 3.8) is 0 Å². The van der Waals surface area contributed by atoms with E-state index in [9.17, 15) is 9.59 Å². The maximum atomic E-state index is 12.3. The van der Waals surface area contributed by atoms with E-state index in [-0.39, 0.29) is 16.6 Å². The average Bonchev–Trinajstić information content (AvgIpc) is 2.95. The second kappa shape index (κ2) is 9.43. The molecule has 1 aromatic heterocycles. The van der Waals surface area contributed by atoms with E-state index in [4.69, 9.17) is 14.6 Å². The molecule has 1 heterocycles. The summed E-state index contributed by atoms with van der Waals surface area (Å²) in [6.07, 6.45) is 0. The minimum atomic E-state index is -1.14. The van der Waals surface area contributed by atoms with Crippen LogP contribution in [0.5, 0.6) is 0 Å². The van der Waals surface area contributed by atoms with Gasteiger partial charge in [-0.1, -0.05) is 0 Å². The van der Waals surface area contributed by atoms with Gasteiger partial charge < -0.3 is 19.5 Å². The van der Waals surface area contributed by atoms with Crippen LogP contribution >= 0.6 is 11.3 Å². The number of carboxylic acids is 1. The lowest BCUT2D eigenvalue weighted by molar-refractivity contribution is 0.0549. The Morgan fingerprint density at radius 1 is 1.24 bits per heavy atom. The van der Waals surface area contributed by atoms with Crippen LogP contribution in [0, 0.1) is 0 Å². The second-order valence-corrected chi connectivity index (χ2v) is 4.89. The molecule has 1 N–H and O–H groups in total. The van der Waals surface area contributed by atoms with Crippen molar-refractivity contribution in [1.29, 1.82) is 0 Å². The fourth-order valence-electron chi connectivity index (χ4n) is 1.56. The van der Waals surface area contributed by atoms with E-state index in [0.717, 1.165) is 11.3 Å². The van der Waals surface area contributed by atoms with E-state index in [1.807, 2.05) is 13.8 Å². The number of aromatic nitrogens is 1. The van der Waals surface area contributed by atoms with Crippen molar-refractivity contribution in [1.82, 2.24) is 9.88 Å². The van der Waals surface area contributed by atoms with Crippen molar-refractivity contribution in [2.45, 2.75) is 13.8 Å². The Kier molecular flexibility index (Phi) is 7.88. The summed E-state index contributed by atoms with van der Waals surface area (Å²) in [5.41, 5.74) is -0.113. The van der Waals surface area contributed by atoms with Crippen molar-refractivity contribution >= 4 is 23.2 Å². The van der Waals surface area contributed by atoms with Crippen LogP contribution in [0.1, 0.15) is 34.1 Å². The number of thiazole rings is 1. The fraction of sp³-hybridized carbons (Fsp3) is 0.615. The van der Waals surface area contributed by atoms with E-state index >= 15 is 0 Å². The molecule has 1 aromatic rings. The molecule has 0 aromatic carbocycles. The Morgan fingerprint density at radius 3 is 2.24 bits per heavy atom. The monoisotopic (exact) mass is 316 g/mol. The number of nitrogens with zero attached hydrogens (tertiary/aromatic N) is 2. The molecule has 0 atom stereocenters. The van der Waals surface area contributed by atoms with Crippen LogP contribution in [0.4, 0.5) is 0 Å². The predicted molar refractivity (Wildman–Crippen MR) is 78.0 cm³/mol. The molecule has 0 unspecified atom stereocenters. The second-order valence-electron chi connectivity index (χ2n) is 4.03. The predicted octanol–water partition coefficient (Wildman–Crippen LogP) is 1.36. The molecular formula is C13H20N2O5S. The van der Waals surface area contributed by atoms with Gasteiger partial charge in [-0.15, -0.1) is 11.3 Å². The highest BCUT2D eigenvalue weighted by Gasteiger charge is 2.20. The summed E-state index contributed by atoms with van der Waals surface area (Å²) in [6, 6.07) is 0. The molecule has 0 saturated carbocycles. The highest BCUT2D eigenvalue weighted by atomic mass is 32.1. The van der Waals surface area contributed by atoms with Crippen LogP contribution in [0.3, 0.4) is 0 Å². The van der Waals surface area contributed by atoms with Crippen molar-refractivity contribution < 1.29 is 24.2 Å².